The Morgan fingerprint density at radius 2 is 2.23 bits per heavy atom. The van der Waals surface area contributed by atoms with Gasteiger partial charge in [-0.3, -0.25) is 0 Å². The van der Waals surface area contributed by atoms with Crippen LogP contribution in [0, 0.1) is 0 Å². The van der Waals surface area contributed by atoms with E-state index in [0.717, 1.165) is 5.69 Å². The van der Waals surface area contributed by atoms with Crippen molar-refractivity contribution in [2.45, 2.75) is 6.54 Å². The second kappa shape index (κ2) is 4.81. The first kappa shape index (κ1) is 10.8. The lowest BCUT2D eigenvalue weighted by atomic mass is 10.4. The molecule has 0 saturated carbocycles. The molecule has 0 fully saturated rings. The highest BCUT2D eigenvalue weighted by molar-refractivity contribution is 6.32. The van der Waals surface area contributed by atoms with E-state index in [1.807, 2.05) is 0 Å². The minimum atomic E-state index is 0.100. The van der Waals surface area contributed by atoms with Gasteiger partial charge in [0.05, 0.1) is 12.3 Å². The third-order valence-electron chi connectivity index (χ3n) is 1.69. The third kappa shape index (κ3) is 2.57. The number of hydrogen-bond acceptors (Lipinski definition) is 3. The van der Waals surface area contributed by atoms with Gasteiger partial charge in [-0.2, -0.15) is 0 Å². The summed E-state index contributed by atoms with van der Waals surface area (Å²) in [7, 11) is 1.79. The largest absolute Gasteiger partial charge is 0.395 e. The molecule has 0 aromatic carbocycles. The fourth-order valence-corrected chi connectivity index (χ4v) is 1.45. The van der Waals surface area contributed by atoms with Gasteiger partial charge in [-0.25, -0.2) is 4.98 Å². The van der Waals surface area contributed by atoms with Crippen molar-refractivity contribution in [2.75, 3.05) is 13.2 Å². The summed E-state index contributed by atoms with van der Waals surface area (Å²) < 4.78 is 1.70. The summed E-state index contributed by atoms with van der Waals surface area (Å²) in [5.41, 5.74) is 0.820. The van der Waals surface area contributed by atoms with E-state index in [4.69, 9.17) is 28.3 Å². The molecule has 0 atom stereocenters. The summed E-state index contributed by atoms with van der Waals surface area (Å²) in [6.07, 6.45) is 0. The summed E-state index contributed by atoms with van der Waals surface area (Å²) in [6, 6.07) is 0. The zero-order valence-electron chi connectivity index (χ0n) is 7.22. The Labute approximate surface area is 86.5 Å². The number of imidazole rings is 1. The van der Waals surface area contributed by atoms with Crippen LogP contribution in [0.15, 0.2) is 0 Å². The number of nitrogens with one attached hydrogen (secondary N) is 1. The second-order valence-corrected chi connectivity index (χ2v) is 3.27. The highest BCUT2D eigenvalue weighted by Crippen LogP contribution is 2.18. The molecular formula is C7H11Cl2N3O. The van der Waals surface area contributed by atoms with Crippen LogP contribution in [0.2, 0.25) is 10.4 Å². The van der Waals surface area contributed by atoms with Crippen LogP contribution in [0.3, 0.4) is 0 Å². The zero-order chi connectivity index (χ0) is 9.84. The predicted octanol–water partition coefficient (Wildman–Crippen LogP) is 0.809. The van der Waals surface area contributed by atoms with E-state index in [9.17, 15) is 0 Å². The van der Waals surface area contributed by atoms with E-state index in [1.54, 1.807) is 11.6 Å². The summed E-state index contributed by atoms with van der Waals surface area (Å²) in [5, 5.41) is 12.3. The van der Waals surface area contributed by atoms with Gasteiger partial charge < -0.3 is 15.0 Å². The number of nitrogens with zero attached hydrogens (tertiary/aromatic N) is 2. The standard InChI is InChI=1S/C7H11Cl2N3O/c1-12-5(4-10-2-3-13)6(8)11-7(12)9/h10,13H,2-4H2,1H3. The van der Waals surface area contributed by atoms with Gasteiger partial charge in [0.15, 0.2) is 5.15 Å². The van der Waals surface area contributed by atoms with Crippen LogP contribution in [0.25, 0.3) is 0 Å². The van der Waals surface area contributed by atoms with Crippen molar-refractivity contribution in [2.24, 2.45) is 7.05 Å². The van der Waals surface area contributed by atoms with Gasteiger partial charge in [-0.1, -0.05) is 11.6 Å². The number of aliphatic hydroxyl groups is 1. The van der Waals surface area contributed by atoms with Crippen LogP contribution in [-0.4, -0.2) is 27.8 Å². The van der Waals surface area contributed by atoms with Gasteiger partial charge in [0.25, 0.3) is 0 Å². The topological polar surface area (TPSA) is 50.1 Å². The number of rotatable bonds is 4. The van der Waals surface area contributed by atoms with Crippen LogP contribution in [-0.2, 0) is 13.6 Å². The molecule has 4 nitrogen and oxygen atoms in total. The maximum atomic E-state index is 8.54. The molecule has 0 bridgehead atoms. The van der Waals surface area contributed by atoms with Gasteiger partial charge in [-0.15, -0.1) is 0 Å². The monoisotopic (exact) mass is 223 g/mol. The van der Waals surface area contributed by atoms with Crippen molar-refractivity contribution in [3.8, 4) is 0 Å². The van der Waals surface area contributed by atoms with Crippen molar-refractivity contribution in [3.05, 3.63) is 16.1 Å². The number of aromatic nitrogens is 2. The molecule has 6 heteroatoms. The van der Waals surface area contributed by atoms with E-state index >= 15 is 0 Å². The number of hydrogen-bond donors (Lipinski definition) is 2. The normalized spacial score (nSPS) is 10.8. The maximum absolute atomic E-state index is 8.54. The first-order chi connectivity index (χ1) is 6.16. The first-order valence-electron chi connectivity index (χ1n) is 3.85. The first-order valence-corrected chi connectivity index (χ1v) is 4.60. The molecule has 2 N–H and O–H groups in total. The summed E-state index contributed by atoms with van der Waals surface area (Å²) >= 11 is 11.5. The zero-order valence-corrected chi connectivity index (χ0v) is 8.73. The Morgan fingerprint density at radius 1 is 1.54 bits per heavy atom. The lowest BCUT2D eigenvalue weighted by Gasteiger charge is -2.04. The summed E-state index contributed by atoms with van der Waals surface area (Å²) in [6.45, 7) is 1.18. The van der Waals surface area contributed by atoms with Gasteiger partial charge in [-0.05, 0) is 11.6 Å². The lowest BCUT2D eigenvalue weighted by Crippen LogP contribution is -2.19. The molecule has 0 saturated heterocycles. The van der Waals surface area contributed by atoms with Crippen molar-refractivity contribution in [3.63, 3.8) is 0 Å². The molecule has 1 aromatic rings. The summed E-state index contributed by atoms with van der Waals surface area (Å²) in [4.78, 5) is 3.88. The van der Waals surface area contributed by atoms with Crippen LogP contribution < -0.4 is 5.32 Å². The SMILES string of the molecule is Cn1c(Cl)nc(Cl)c1CNCCO. The highest BCUT2D eigenvalue weighted by Gasteiger charge is 2.10. The van der Waals surface area contributed by atoms with Crippen molar-refractivity contribution in [1.82, 2.24) is 14.9 Å². The van der Waals surface area contributed by atoms with Crippen molar-refractivity contribution in [1.29, 1.82) is 0 Å². The molecule has 0 radical (unpaired) electrons. The Bertz CT molecular complexity index is 288. The molecule has 0 spiro atoms. The van der Waals surface area contributed by atoms with E-state index in [0.29, 0.717) is 23.5 Å². The van der Waals surface area contributed by atoms with Gasteiger partial charge in [0.2, 0.25) is 5.28 Å². The van der Waals surface area contributed by atoms with Crippen LogP contribution in [0.5, 0.6) is 0 Å². The molecule has 1 heterocycles. The molecular weight excluding hydrogens is 213 g/mol. The third-order valence-corrected chi connectivity index (χ3v) is 2.33. The van der Waals surface area contributed by atoms with Gasteiger partial charge >= 0.3 is 0 Å². The van der Waals surface area contributed by atoms with Crippen LogP contribution >= 0.6 is 23.2 Å². The molecule has 1 aromatic heterocycles. The fourth-order valence-electron chi connectivity index (χ4n) is 0.948. The average Bonchev–Trinajstić information content (AvgIpc) is 2.32. The molecule has 0 aliphatic rings. The van der Waals surface area contributed by atoms with Crippen molar-refractivity contribution >= 4 is 23.2 Å². The number of halogens is 2. The van der Waals surface area contributed by atoms with E-state index < -0.39 is 0 Å². The predicted molar refractivity (Wildman–Crippen MR) is 52.0 cm³/mol. The molecule has 0 unspecified atom stereocenters. The van der Waals surface area contributed by atoms with Gasteiger partial charge in [0.1, 0.15) is 0 Å². The molecule has 0 amide bonds. The second-order valence-electron chi connectivity index (χ2n) is 2.58. The highest BCUT2D eigenvalue weighted by atomic mass is 35.5. The van der Waals surface area contributed by atoms with Gasteiger partial charge in [0, 0.05) is 20.1 Å². The molecule has 0 aliphatic heterocycles. The summed E-state index contributed by atoms with van der Waals surface area (Å²) in [5.74, 6) is 0. The smallest absolute Gasteiger partial charge is 0.204 e. The van der Waals surface area contributed by atoms with E-state index in [1.165, 1.54) is 0 Å². The maximum Gasteiger partial charge on any atom is 0.204 e. The minimum absolute atomic E-state index is 0.100. The molecule has 0 aliphatic carbocycles. The van der Waals surface area contributed by atoms with Crippen LogP contribution in [0.1, 0.15) is 5.69 Å². The minimum Gasteiger partial charge on any atom is -0.395 e. The Balaban J connectivity index is 2.64. The van der Waals surface area contributed by atoms with E-state index in [-0.39, 0.29) is 6.61 Å². The molecule has 74 valence electrons. The molecule has 1 rings (SSSR count). The molecule has 13 heavy (non-hydrogen) atoms. The fraction of sp³-hybridized carbons (Fsp3) is 0.571. The number of aliphatic hydroxyl groups excluding tert-OH is 1. The lowest BCUT2D eigenvalue weighted by molar-refractivity contribution is 0.291. The quantitative estimate of drug-likeness (QED) is 0.744. The van der Waals surface area contributed by atoms with Crippen molar-refractivity contribution < 1.29 is 5.11 Å². The Morgan fingerprint density at radius 3 is 2.69 bits per heavy atom. The Hall–Kier alpha value is -0.290. The Kier molecular flexibility index (Phi) is 3.99. The van der Waals surface area contributed by atoms with E-state index in [2.05, 4.69) is 10.3 Å². The average molecular weight is 224 g/mol. The van der Waals surface area contributed by atoms with Crippen LogP contribution in [0.4, 0.5) is 0 Å².